The van der Waals surface area contributed by atoms with Gasteiger partial charge in [-0.1, -0.05) is 45.0 Å². The van der Waals surface area contributed by atoms with Crippen molar-refractivity contribution in [2.24, 2.45) is 23.7 Å². The van der Waals surface area contributed by atoms with Crippen LogP contribution in [0.3, 0.4) is 0 Å². The number of benzene rings is 1. The number of amides is 2. The van der Waals surface area contributed by atoms with Gasteiger partial charge in [-0.25, -0.2) is 9.07 Å². The Hall–Kier alpha value is -3.78. The van der Waals surface area contributed by atoms with Gasteiger partial charge in [0.15, 0.2) is 6.29 Å². The number of cyclic esters (lactones) is 1. The predicted molar refractivity (Wildman–Crippen MR) is 286 cm³/mol. The van der Waals surface area contributed by atoms with E-state index in [0.717, 1.165) is 0 Å². The van der Waals surface area contributed by atoms with Crippen molar-refractivity contribution >= 4 is 17.8 Å². The molecule has 22 heteroatoms. The highest BCUT2D eigenvalue weighted by atomic mass is 19.1. The molecule has 2 amide bonds. The molecule has 1 unspecified atom stereocenters. The summed E-state index contributed by atoms with van der Waals surface area (Å²) in [6.07, 6.45) is -6.72. The SMILES string of the molecule is CC[C@H]1OC(=O)[C@H](C)C([C@H]2C[C@@](C)(OC)[C@@H](O)[C@H](C)O2)[C@H](C)[C@@H](O[C@@H]2O[C@H](C)C[C@H](N(C)CCc3cn([C@H](CF)[C@H](OC)c4ccc(C(=O)N5CCNC(=O)C5)cc4)nn3)[C@H]2O)[C@](C)(O)C[C@@H](C)CN(C)[C@H](C)[C@@H](O)[C@]1(C)O. The lowest BCUT2D eigenvalue weighted by molar-refractivity contribution is -0.302. The van der Waals surface area contributed by atoms with Crippen molar-refractivity contribution in [1.82, 2.24) is 35.0 Å². The third-order valence-electron chi connectivity index (χ3n) is 17.7. The van der Waals surface area contributed by atoms with Gasteiger partial charge in [0.1, 0.15) is 48.8 Å². The minimum atomic E-state index is -1.84. The van der Waals surface area contributed by atoms with E-state index in [1.54, 1.807) is 72.0 Å². The van der Waals surface area contributed by atoms with E-state index in [1.807, 2.05) is 44.7 Å². The number of nitrogens with one attached hydrogen (secondary N) is 1. The van der Waals surface area contributed by atoms with Crippen LogP contribution in [0.5, 0.6) is 0 Å². The van der Waals surface area contributed by atoms with E-state index in [-0.39, 0.29) is 43.5 Å². The number of halogens is 1. The molecule has 4 aliphatic rings. The number of carbonyl (C=O) groups excluding carboxylic acids is 3. The Balaban J connectivity index is 1.24. The van der Waals surface area contributed by atoms with Crippen molar-refractivity contribution in [3.05, 3.63) is 47.3 Å². The van der Waals surface area contributed by atoms with Crippen molar-refractivity contribution in [1.29, 1.82) is 0 Å². The van der Waals surface area contributed by atoms with Gasteiger partial charge in [-0.15, -0.1) is 5.10 Å². The number of ether oxygens (including phenoxy) is 6. The molecule has 0 aliphatic carbocycles. The van der Waals surface area contributed by atoms with E-state index >= 15 is 0 Å². The Bertz CT molecular complexity index is 2280. The number of hydrogen-bond acceptors (Lipinski definition) is 18. The van der Waals surface area contributed by atoms with Gasteiger partial charge < -0.3 is 74.0 Å². The van der Waals surface area contributed by atoms with Crippen molar-refractivity contribution in [3.8, 4) is 0 Å². The summed E-state index contributed by atoms with van der Waals surface area (Å²) in [5.41, 5.74) is -2.99. The Morgan fingerprint density at radius 3 is 2.29 bits per heavy atom. The number of esters is 1. The second-order valence-electron chi connectivity index (χ2n) is 23.8. The molecular formula is C56H92FN7O14. The van der Waals surface area contributed by atoms with Crippen LogP contribution in [0.4, 0.5) is 4.39 Å². The van der Waals surface area contributed by atoms with Crippen LogP contribution in [0.1, 0.15) is 129 Å². The number of nitrogens with zero attached hydrogens (tertiary/aromatic N) is 6. The molecule has 1 aromatic heterocycles. The van der Waals surface area contributed by atoms with E-state index < -0.39 is 127 Å². The smallest absolute Gasteiger partial charge is 0.309 e. The van der Waals surface area contributed by atoms with Crippen LogP contribution < -0.4 is 5.32 Å². The number of hydrogen-bond donors (Lipinski definition) is 6. The molecule has 78 heavy (non-hydrogen) atoms. The first-order valence-electron chi connectivity index (χ1n) is 27.9. The van der Waals surface area contributed by atoms with Gasteiger partial charge >= 0.3 is 5.97 Å². The number of rotatable bonds is 15. The first-order valence-corrected chi connectivity index (χ1v) is 27.9. The molecule has 2 aromatic rings. The summed E-state index contributed by atoms with van der Waals surface area (Å²) in [7, 11) is 6.69. The van der Waals surface area contributed by atoms with E-state index in [4.69, 9.17) is 28.4 Å². The maximum atomic E-state index is 15.0. The Morgan fingerprint density at radius 2 is 1.68 bits per heavy atom. The molecule has 442 valence electrons. The first kappa shape index (κ1) is 63.4. The summed E-state index contributed by atoms with van der Waals surface area (Å²) in [5, 5.41) is 71.7. The molecule has 0 bridgehead atoms. The summed E-state index contributed by atoms with van der Waals surface area (Å²) in [6, 6.07) is 4.69. The second kappa shape index (κ2) is 26.4. The second-order valence-corrected chi connectivity index (χ2v) is 23.8. The van der Waals surface area contributed by atoms with Crippen LogP contribution in [0.2, 0.25) is 0 Å². The van der Waals surface area contributed by atoms with E-state index in [1.165, 1.54) is 30.7 Å². The standard InChI is InChI=1S/C56H92FN7O14/c1-15-43-56(10,72)48(67)35(6)62(12)28-31(2)25-54(8,71)50(33(4)45(34(5)52(70)77-43)42-26-55(9,74-14)49(68)36(7)76-42)78-53-46(66)40(24-32(3)75-53)61(11)22-20-39-29-64(60-59-39)41(27-57)47(73-13)37-16-18-38(19-17-37)51(69)63-23-21-58-44(65)30-63/h16-19,29,31-36,40-43,45-50,53,66-68,71-72H,15,20-28,30H2,1-14H3,(H,58,65)/t31-,32-,33+,34-,35-,36+,40+,41-,42-,43-,45?,46-,47-,48-,49+,50-,53+,54-,55-,56-/m1/s1. The van der Waals surface area contributed by atoms with Gasteiger partial charge in [0, 0.05) is 83.0 Å². The fraction of sp³-hybridized carbons (Fsp3) is 0.804. The number of methoxy groups -OCH3 is 2. The van der Waals surface area contributed by atoms with Crippen molar-refractivity contribution in [2.45, 2.75) is 197 Å². The number of piperazine rings is 1. The van der Waals surface area contributed by atoms with E-state index in [2.05, 4.69) is 15.6 Å². The van der Waals surface area contributed by atoms with Crippen LogP contribution in [-0.2, 0) is 44.4 Å². The van der Waals surface area contributed by atoms with Crippen LogP contribution in [0, 0.1) is 23.7 Å². The molecule has 4 saturated heterocycles. The average Bonchev–Trinajstić information content (AvgIpc) is 3.91. The summed E-state index contributed by atoms with van der Waals surface area (Å²) >= 11 is 0. The summed E-state index contributed by atoms with van der Waals surface area (Å²) in [5.74, 6) is -3.84. The first-order chi connectivity index (χ1) is 36.6. The van der Waals surface area contributed by atoms with E-state index in [9.17, 15) is 44.3 Å². The molecule has 0 radical (unpaired) electrons. The molecule has 6 rings (SSSR count). The highest BCUT2D eigenvalue weighted by Gasteiger charge is 2.55. The maximum Gasteiger partial charge on any atom is 0.309 e. The van der Waals surface area contributed by atoms with Gasteiger partial charge in [0.05, 0.1) is 53.8 Å². The molecule has 1 aromatic carbocycles. The minimum Gasteiger partial charge on any atom is -0.459 e. The molecule has 4 aliphatic heterocycles. The Kier molecular flexibility index (Phi) is 21.5. The van der Waals surface area contributed by atoms with Crippen molar-refractivity contribution in [3.63, 3.8) is 0 Å². The number of likely N-dealkylation sites (N-methyl/N-ethyl adjacent to an activating group) is 2. The predicted octanol–water partition coefficient (Wildman–Crippen LogP) is 2.85. The summed E-state index contributed by atoms with van der Waals surface area (Å²) in [4.78, 5) is 45.0. The number of aliphatic hydroxyl groups excluding tert-OH is 3. The lowest BCUT2D eigenvalue weighted by Gasteiger charge is -2.51. The van der Waals surface area contributed by atoms with Crippen LogP contribution in [-0.4, -0.2) is 225 Å². The van der Waals surface area contributed by atoms with Crippen LogP contribution in [0.25, 0.3) is 0 Å². The molecule has 0 saturated carbocycles. The lowest BCUT2D eigenvalue weighted by Crippen LogP contribution is -2.62. The number of alkyl halides is 1. The minimum absolute atomic E-state index is 0.0234. The quantitative estimate of drug-likeness (QED) is 0.140. The Morgan fingerprint density at radius 1 is 1.00 bits per heavy atom. The topological polar surface area (TPSA) is 260 Å². The van der Waals surface area contributed by atoms with Crippen LogP contribution >= 0.6 is 0 Å². The number of aliphatic hydroxyl groups is 5. The van der Waals surface area contributed by atoms with Gasteiger partial charge in [0.2, 0.25) is 5.91 Å². The number of carbonyl (C=O) groups is 3. The van der Waals surface area contributed by atoms with Crippen molar-refractivity contribution < 1.29 is 72.7 Å². The molecule has 20 atom stereocenters. The molecule has 0 spiro atoms. The summed E-state index contributed by atoms with van der Waals surface area (Å²) < 4.78 is 54.4. The lowest BCUT2D eigenvalue weighted by atomic mass is 9.68. The van der Waals surface area contributed by atoms with Crippen molar-refractivity contribution in [2.75, 3.05) is 67.7 Å². The zero-order valence-electron chi connectivity index (χ0n) is 48.5. The largest absolute Gasteiger partial charge is 0.459 e. The highest BCUT2D eigenvalue weighted by molar-refractivity contribution is 5.97. The molecule has 5 heterocycles. The fourth-order valence-electron chi connectivity index (χ4n) is 12.9. The fourth-order valence-corrected chi connectivity index (χ4v) is 12.9. The van der Waals surface area contributed by atoms with Gasteiger partial charge in [-0.2, -0.15) is 0 Å². The maximum absolute atomic E-state index is 15.0. The van der Waals surface area contributed by atoms with Crippen LogP contribution in [0.15, 0.2) is 30.5 Å². The summed E-state index contributed by atoms with van der Waals surface area (Å²) in [6.45, 7) is 18.4. The number of aromatic nitrogens is 3. The average molecular weight is 1110 g/mol. The zero-order valence-corrected chi connectivity index (χ0v) is 48.5. The zero-order chi connectivity index (χ0) is 57.8. The monoisotopic (exact) mass is 1110 g/mol. The third-order valence-corrected chi connectivity index (χ3v) is 17.7. The normalized spacial score (nSPS) is 38.9. The highest BCUT2D eigenvalue weighted by Crippen LogP contribution is 2.45. The molecular weight excluding hydrogens is 1010 g/mol. The molecule has 6 N–H and O–H groups in total. The van der Waals surface area contributed by atoms with Gasteiger partial charge in [0.25, 0.3) is 5.91 Å². The Labute approximate surface area is 460 Å². The molecule has 21 nitrogen and oxygen atoms in total. The van der Waals surface area contributed by atoms with Gasteiger partial charge in [-0.05, 0) is 104 Å². The molecule has 4 fully saturated rings. The third kappa shape index (κ3) is 14.1. The van der Waals surface area contributed by atoms with Gasteiger partial charge in [-0.3, -0.25) is 14.4 Å². The van der Waals surface area contributed by atoms with E-state index in [0.29, 0.717) is 55.8 Å².